The van der Waals surface area contributed by atoms with E-state index >= 15 is 0 Å². The first-order valence-corrected chi connectivity index (χ1v) is 5.56. The van der Waals surface area contributed by atoms with E-state index in [0.29, 0.717) is 6.61 Å². The van der Waals surface area contributed by atoms with Crippen LogP contribution in [0, 0.1) is 0 Å². The Morgan fingerprint density at radius 1 is 1.54 bits per heavy atom. The molecular formula is C7H6BrN3OS. The van der Waals surface area contributed by atoms with Crippen molar-refractivity contribution in [2.45, 2.75) is 13.0 Å². The predicted octanol–water partition coefficient (Wildman–Crippen LogP) is 1.63. The first-order valence-electron chi connectivity index (χ1n) is 3.95. The van der Waals surface area contributed by atoms with Gasteiger partial charge in [-0.3, -0.25) is 0 Å². The largest absolute Gasteiger partial charge is 0.375 e. The molecular weight excluding hydrogens is 254 g/mol. The lowest BCUT2D eigenvalue weighted by Gasteiger charge is -2.09. The Labute approximate surface area is 86.7 Å². The third-order valence-corrected chi connectivity index (χ3v) is 3.42. The van der Waals surface area contributed by atoms with Gasteiger partial charge in [-0.1, -0.05) is 11.3 Å². The molecule has 0 aliphatic carbocycles. The van der Waals surface area contributed by atoms with Gasteiger partial charge < -0.3 is 4.74 Å². The minimum absolute atomic E-state index is 0.632. The average Bonchev–Trinajstić information content (AvgIpc) is 2.60. The summed E-state index contributed by atoms with van der Waals surface area (Å²) in [4.78, 5) is 5.43. The maximum atomic E-state index is 5.36. The average molecular weight is 260 g/mol. The Balaban J connectivity index is 2.30. The molecule has 3 rings (SSSR count). The highest BCUT2D eigenvalue weighted by atomic mass is 79.9. The summed E-state index contributed by atoms with van der Waals surface area (Å²) < 4.78 is 8.09. The lowest BCUT2D eigenvalue weighted by Crippen LogP contribution is -2.11. The van der Waals surface area contributed by atoms with E-state index < -0.39 is 0 Å². The number of hydrogen-bond donors (Lipinski definition) is 0. The van der Waals surface area contributed by atoms with Gasteiger partial charge in [0.1, 0.15) is 0 Å². The fourth-order valence-electron chi connectivity index (χ4n) is 1.49. The highest BCUT2D eigenvalue weighted by molar-refractivity contribution is 9.11. The van der Waals surface area contributed by atoms with Crippen LogP contribution in [0.1, 0.15) is 11.4 Å². The van der Waals surface area contributed by atoms with Crippen LogP contribution in [0.2, 0.25) is 0 Å². The second-order valence-corrected chi connectivity index (χ2v) is 5.09. The van der Waals surface area contributed by atoms with Gasteiger partial charge in [0.2, 0.25) is 4.96 Å². The highest BCUT2D eigenvalue weighted by Crippen LogP contribution is 2.24. The number of aromatic nitrogens is 3. The van der Waals surface area contributed by atoms with Crippen molar-refractivity contribution >= 4 is 32.2 Å². The maximum absolute atomic E-state index is 5.36. The fourth-order valence-corrected chi connectivity index (χ4v) is 2.75. The summed E-state index contributed by atoms with van der Waals surface area (Å²) in [7, 11) is 0. The third kappa shape index (κ3) is 1.13. The molecule has 0 saturated heterocycles. The predicted molar refractivity (Wildman–Crippen MR) is 51.9 cm³/mol. The first-order chi connectivity index (χ1) is 6.34. The van der Waals surface area contributed by atoms with Crippen molar-refractivity contribution in [2.75, 3.05) is 6.61 Å². The van der Waals surface area contributed by atoms with Gasteiger partial charge in [0.15, 0.2) is 3.92 Å². The minimum Gasteiger partial charge on any atom is -0.375 e. The van der Waals surface area contributed by atoms with Crippen LogP contribution >= 0.6 is 27.3 Å². The summed E-state index contributed by atoms with van der Waals surface area (Å²) in [5.74, 6) is 0. The molecule has 13 heavy (non-hydrogen) atoms. The second-order valence-electron chi connectivity index (χ2n) is 2.86. The summed E-state index contributed by atoms with van der Waals surface area (Å²) in [6.45, 7) is 1.41. The van der Waals surface area contributed by atoms with Gasteiger partial charge in [0.25, 0.3) is 0 Å². The Morgan fingerprint density at radius 2 is 2.46 bits per heavy atom. The summed E-state index contributed by atoms with van der Waals surface area (Å²) in [6, 6.07) is 0. The van der Waals surface area contributed by atoms with E-state index in [9.17, 15) is 0 Å². The topological polar surface area (TPSA) is 39.4 Å². The van der Waals surface area contributed by atoms with E-state index in [1.807, 2.05) is 4.52 Å². The molecule has 68 valence electrons. The molecule has 0 saturated carbocycles. The SMILES string of the molecule is Brc1nn2c3c(nc2s1)CCOC3. The first kappa shape index (κ1) is 7.90. The van der Waals surface area contributed by atoms with Crippen molar-refractivity contribution in [3.8, 4) is 0 Å². The lowest BCUT2D eigenvalue weighted by atomic mass is 10.2. The molecule has 3 heterocycles. The van der Waals surface area contributed by atoms with Gasteiger partial charge in [-0.05, 0) is 15.9 Å². The molecule has 0 radical (unpaired) electrons. The molecule has 0 spiro atoms. The number of rotatable bonds is 0. The molecule has 0 unspecified atom stereocenters. The van der Waals surface area contributed by atoms with Gasteiger partial charge >= 0.3 is 0 Å². The zero-order valence-corrected chi connectivity index (χ0v) is 9.06. The van der Waals surface area contributed by atoms with Crippen molar-refractivity contribution < 1.29 is 4.74 Å². The van der Waals surface area contributed by atoms with Crippen molar-refractivity contribution in [2.24, 2.45) is 0 Å². The number of halogens is 1. The van der Waals surface area contributed by atoms with E-state index in [1.54, 1.807) is 11.3 Å². The zero-order valence-electron chi connectivity index (χ0n) is 6.66. The van der Waals surface area contributed by atoms with E-state index in [4.69, 9.17) is 4.74 Å². The molecule has 0 aromatic carbocycles. The van der Waals surface area contributed by atoms with Crippen molar-refractivity contribution in [1.29, 1.82) is 0 Å². The summed E-state index contributed by atoms with van der Waals surface area (Å²) >= 11 is 4.88. The molecule has 1 aliphatic heterocycles. The van der Waals surface area contributed by atoms with Crippen LogP contribution in [0.5, 0.6) is 0 Å². The van der Waals surface area contributed by atoms with Gasteiger partial charge in [-0.25, -0.2) is 9.50 Å². The summed E-state index contributed by atoms with van der Waals surface area (Å²) in [5, 5.41) is 4.30. The number of fused-ring (bicyclic) bond motifs is 3. The monoisotopic (exact) mass is 259 g/mol. The number of imidazole rings is 1. The Kier molecular flexibility index (Phi) is 1.68. The summed E-state index contributed by atoms with van der Waals surface area (Å²) in [6.07, 6.45) is 0.906. The van der Waals surface area contributed by atoms with E-state index in [1.165, 1.54) is 0 Å². The van der Waals surface area contributed by atoms with Gasteiger partial charge in [0, 0.05) is 6.42 Å². The Morgan fingerprint density at radius 3 is 3.38 bits per heavy atom. The minimum atomic E-state index is 0.632. The van der Waals surface area contributed by atoms with Crippen LogP contribution in [0.15, 0.2) is 3.92 Å². The van der Waals surface area contributed by atoms with Crippen molar-refractivity contribution in [3.63, 3.8) is 0 Å². The molecule has 0 fully saturated rings. The molecule has 1 aliphatic rings. The van der Waals surface area contributed by atoms with Crippen LogP contribution in [-0.4, -0.2) is 21.2 Å². The lowest BCUT2D eigenvalue weighted by molar-refractivity contribution is 0.105. The standard InChI is InChI=1S/C7H6BrN3OS/c8-6-10-11-5-3-12-2-1-4(5)9-7(11)13-6/h1-3H2. The Bertz CT molecular complexity index is 463. The molecule has 0 amide bonds. The number of ether oxygens (including phenoxy) is 1. The smallest absolute Gasteiger partial charge is 0.213 e. The summed E-state index contributed by atoms with van der Waals surface area (Å²) in [5.41, 5.74) is 2.24. The quantitative estimate of drug-likeness (QED) is 0.722. The molecule has 6 heteroatoms. The Hall–Kier alpha value is -0.460. The second kappa shape index (κ2) is 2.76. The van der Waals surface area contributed by atoms with Crippen LogP contribution in [0.3, 0.4) is 0 Å². The van der Waals surface area contributed by atoms with Gasteiger partial charge in [-0.2, -0.15) is 0 Å². The molecule has 0 bridgehead atoms. The third-order valence-electron chi connectivity index (χ3n) is 2.08. The van der Waals surface area contributed by atoms with E-state index in [0.717, 1.165) is 33.3 Å². The zero-order chi connectivity index (χ0) is 8.84. The highest BCUT2D eigenvalue weighted by Gasteiger charge is 2.18. The van der Waals surface area contributed by atoms with Crippen LogP contribution < -0.4 is 0 Å². The van der Waals surface area contributed by atoms with E-state index in [2.05, 4.69) is 26.0 Å². The van der Waals surface area contributed by atoms with Crippen molar-refractivity contribution in [3.05, 3.63) is 15.3 Å². The molecule has 2 aromatic heterocycles. The molecule has 4 nitrogen and oxygen atoms in total. The van der Waals surface area contributed by atoms with Crippen LogP contribution in [0.4, 0.5) is 0 Å². The van der Waals surface area contributed by atoms with Crippen LogP contribution in [0.25, 0.3) is 4.96 Å². The molecule has 0 atom stereocenters. The molecule has 0 N–H and O–H groups in total. The number of hydrogen-bond acceptors (Lipinski definition) is 4. The van der Waals surface area contributed by atoms with Gasteiger partial charge in [0.05, 0.1) is 24.6 Å². The van der Waals surface area contributed by atoms with E-state index in [-0.39, 0.29) is 0 Å². The van der Waals surface area contributed by atoms with Gasteiger partial charge in [-0.15, -0.1) is 5.10 Å². The number of nitrogens with zero attached hydrogens (tertiary/aromatic N) is 3. The van der Waals surface area contributed by atoms with Crippen molar-refractivity contribution in [1.82, 2.24) is 14.6 Å². The normalized spacial score (nSPS) is 16.4. The molecule has 2 aromatic rings. The fraction of sp³-hybridized carbons (Fsp3) is 0.429. The van der Waals surface area contributed by atoms with Crippen LogP contribution in [-0.2, 0) is 17.8 Å². The maximum Gasteiger partial charge on any atom is 0.213 e.